The molecule has 1 aliphatic heterocycles. The first-order valence-corrected chi connectivity index (χ1v) is 6.13. The maximum Gasteiger partial charge on any atom is 0.256 e. The van der Waals surface area contributed by atoms with Crippen molar-refractivity contribution in [1.82, 2.24) is 4.98 Å². The molecule has 0 atom stereocenters. The summed E-state index contributed by atoms with van der Waals surface area (Å²) in [6.07, 6.45) is 1.78. The maximum absolute atomic E-state index is 11.9. The van der Waals surface area contributed by atoms with E-state index in [1.165, 1.54) is 0 Å². The van der Waals surface area contributed by atoms with Crippen LogP contribution in [0.2, 0.25) is 0 Å². The average Bonchev–Trinajstić information content (AvgIpc) is 2.79. The summed E-state index contributed by atoms with van der Waals surface area (Å²) in [4.78, 5) is 16.3. The zero-order chi connectivity index (χ0) is 12.8. The van der Waals surface area contributed by atoms with Gasteiger partial charge in [0.2, 0.25) is 0 Å². The van der Waals surface area contributed by atoms with Crippen LogP contribution in [0.5, 0.6) is 0 Å². The van der Waals surface area contributed by atoms with Gasteiger partial charge in [0.25, 0.3) is 5.91 Å². The van der Waals surface area contributed by atoms with Gasteiger partial charge in [0.05, 0.1) is 5.69 Å². The van der Waals surface area contributed by atoms with Crippen LogP contribution in [-0.4, -0.2) is 10.9 Å². The Kier molecular flexibility index (Phi) is 1.97. The van der Waals surface area contributed by atoms with Crippen LogP contribution in [0.25, 0.3) is 22.0 Å². The number of nitrogens with one attached hydrogen (secondary N) is 1. The molecule has 1 aromatic heterocycles. The summed E-state index contributed by atoms with van der Waals surface area (Å²) in [6.45, 7) is 0. The van der Waals surface area contributed by atoms with Crippen molar-refractivity contribution in [2.45, 2.75) is 0 Å². The van der Waals surface area contributed by atoms with Crippen molar-refractivity contribution < 1.29 is 4.79 Å². The van der Waals surface area contributed by atoms with E-state index in [0.29, 0.717) is 0 Å². The van der Waals surface area contributed by atoms with Gasteiger partial charge >= 0.3 is 0 Å². The fourth-order valence-corrected chi connectivity index (χ4v) is 2.64. The molecule has 3 heteroatoms. The normalized spacial score (nSPS) is 12.7. The van der Waals surface area contributed by atoms with Crippen LogP contribution in [-0.2, 0) is 0 Å². The van der Waals surface area contributed by atoms with Crippen LogP contribution in [0.15, 0.2) is 54.7 Å². The van der Waals surface area contributed by atoms with Crippen molar-refractivity contribution in [2.24, 2.45) is 0 Å². The van der Waals surface area contributed by atoms with E-state index in [1.807, 2.05) is 48.5 Å². The Labute approximate surface area is 109 Å². The predicted octanol–water partition coefficient (Wildman–Crippen LogP) is 3.47. The molecule has 3 nitrogen and oxygen atoms in total. The van der Waals surface area contributed by atoms with Gasteiger partial charge in [-0.05, 0) is 29.7 Å². The SMILES string of the molecule is O=C1Nc2ccc(-c3ccccn3)c3cccc1c23. The van der Waals surface area contributed by atoms with Gasteiger partial charge in [0, 0.05) is 28.4 Å². The number of carbonyl (C=O) groups is 1. The highest BCUT2D eigenvalue weighted by atomic mass is 16.1. The van der Waals surface area contributed by atoms with Gasteiger partial charge in [-0.2, -0.15) is 0 Å². The van der Waals surface area contributed by atoms with E-state index in [1.54, 1.807) is 6.20 Å². The molecular weight excluding hydrogens is 236 g/mol. The lowest BCUT2D eigenvalue weighted by Crippen LogP contribution is -2.03. The molecule has 3 aromatic rings. The number of amides is 1. The van der Waals surface area contributed by atoms with Crippen LogP contribution in [0.3, 0.4) is 0 Å². The number of pyridine rings is 1. The van der Waals surface area contributed by atoms with E-state index in [9.17, 15) is 4.79 Å². The summed E-state index contributed by atoms with van der Waals surface area (Å²) < 4.78 is 0. The van der Waals surface area contributed by atoms with Crippen molar-refractivity contribution in [1.29, 1.82) is 0 Å². The van der Waals surface area contributed by atoms with Crippen LogP contribution in [0.1, 0.15) is 10.4 Å². The number of carbonyl (C=O) groups excluding carboxylic acids is 1. The smallest absolute Gasteiger partial charge is 0.256 e. The van der Waals surface area contributed by atoms with E-state index in [4.69, 9.17) is 0 Å². The van der Waals surface area contributed by atoms with Gasteiger partial charge in [0.15, 0.2) is 0 Å². The highest BCUT2D eigenvalue weighted by molar-refractivity contribution is 6.25. The Balaban J connectivity index is 2.11. The Bertz CT molecular complexity index is 810. The zero-order valence-electron chi connectivity index (χ0n) is 10.1. The minimum atomic E-state index is -0.0289. The lowest BCUT2D eigenvalue weighted by molar-refractivity contribution is 0.103. The third kappa shape index (κ3) is 1.38. The maximum atomic E-state index is 11.9. The summed E-state index contributed by atoms with van der Waals surface area (Å²) in [5, 5.41) is 4.95. The third-order valence-corrected chi connectivity index (χ3v) is 3.47. The zero-order valence-corrected chi connectivity index (χ0v) is 10.1. The first kappa shape index (κ1) is 10.3. The second-order valence-corrected chi connectivity index (χ2v) is 4.56. The Morgan fingerprint density at radius 1 is 0.895 bits per heavy atom. The number of hydrogen-bond donors (Lipinski definition) is 1. The third-order valence-electron chi connectivity index (χ3n) is 3.47. The first-order valence-electron chi connectivity index (χ1n) is 6.13. The molecule has 0 radical (unpaired) electrons. The van der Waals surface area contributed by atoms with Gasteiger partial charge in [-0.3, -0.25) is 9.78 Å². The molecule has 2 aromatic carbocycles. The molecule has 90 valence electrons. The molecule has 1 N–H and O–H groups in total. The summed E-state index contributed by atoms with van der Waals surface area (Å²) in [5.74, 6) is -0.0289. The molecule has 0 saturated carbocycles. The van der Waals surface area contributed by atoms with Crippen molar-refractivity contribution in [2.75, 3.05) is 5.32 Å². The molecule has 4 rings (SSSR count). The quantitative estimate of drug-likeness (QED) is 0.714. The van der Waals surface area contributed by atoms with E-state index in [2.05, 4.69) is 10.3 Å². The lowest BCUT2D eigenvalue weighted by Gasteiger charge is -2.07. The number of hydrogen-bond acceptors (Lipinski definition) is 2. The summed E-state index contributed by atoms with van der Waals surface area (Å²) in [7, 11) is 0. The molecule has 0 fully saturated rings. The van der Waals surface area contributed by atoms with E-state index >= 15 is 0 Å². The van der Waals surface area contributed by atoms with Crippen molar-refractivity contribution in [3.8, 4) is 11.3 Å². The van der Waals surface area contributed by atoms with Crippen LogP contribution < -0.4 is 5.32 Å². The summed E-state index contributed by atoms with van der Waals surface area (Å²) in [5.41, 5.74) is 3.60. The monoisotopic (exact) mass is 246 g/mol. The fraction of sp³-hybridized carbons (Fsp3) is 0. The van der Waals surface area contributed by atoms with Crippen molar-refractivity contribution in [3.63, 3.8) is 0 Å². The average molecular weight is 246 g/mol. The van der Waals surface area contributed by atoms with E-state index in [0.717, 1.165) is 33.3 Å². The summed E-state index contributed by atoms with van der Waals surface area (Å²) >= 11 is 0. The molecule has 0 aliphatic carbocycles. The highest BCUT2D eigenvalue weighted by Gasteiger charge is 2.22. The topological polar surface area (TPSA) is 42.0 Å². The molecule has 0 saturated heterocycles. The van der Waals surface area contributed by atoms with Gasteiger partial charge in [0.1, 0.15) is 0 Å². The van der Waals surface area contributed by atoms with E-state index < -0.39 is 0 Å². The number of anilines is 1. The largest absolute Gasteiger partial charge is 0.321 e. The minimum absolute atomic E-state index is 0.0289. The molecular formula is C16H10N2O. The van der Waals surface area contributed by atoms with Gasteiger partial charge in [-0.15, -0.1) is 0 Å². The van der Waals surface area contributed by atoms with Gasteiger partial charge in [-0.25, -0.2) is 0 Å². The van der Waals surface area contributed by atoms with Crippen LogP contribution >= 0.6 is 0 Å². The second kappa shape index (κ2) is 3.65. The Hall–Kier alpha value is -2.68. The number of rotatable bonds is 1. The lowest BCUT2D eigenvalue weighted by atomic mass is 9.98. The predicted molar refractivity (Wildman–Crippen MR) is 75.1 cm³/mol. The molecule has 0 bridgehead atoms. The Morgan fingerprint density at radius 3 is 2.68 bits per heavy atom. The summed E-state index contributed by atoms with van der Waals surface area (Å²) in [6, 6.07) is 15.6. The van der Waals surface area contributed by atoms with Crippen LogP contribution in [0, 0.1) is 0 Å². The number of benzene rings is 2. The van der Waals surface area contributed by atoms with Crippen molar-refractivity contribution in [3.05, 3.63) is 60.3 Å². The molecule has 2 heterocycles. The van der Waals surface area contributed by atoms with Gasteiger partial charge in [-0.1, -0.05) is 24.3 Å². The molecule has 1 aliphatic rings. The highest BCUT2D eigenvalue weighted by Crippen LogP contribution is 2.37. The number of aromatic nitrogens is 1. The van der Waals surface area contributed by atoms with E-state index in [-0.39, 0.29) is 5.91 Å². The minimum Gasteiger partial charge on any atom is -0.321 e. The first-order chi connectivity index (χ1) is 9.34. The van der Waals surface area contributed by atoms with Crippen LogP contribution in [0.4, 0.5) is 5.69 Å². The van der Waals surface area contributed by atoms with Crippen molar-refractivity contribution >= 4 is 22.4 Å². The molecule has 1 amide bonds. The van der Waals surface area contributed by atoms with Gasteiger partial charge < -0.3 is 5.32 Å². The second-order valence-electron chi connectivity index (χ2n) is 4.56. The molecule has 19 heavy (non-hydrogen) atoms. The fourth-order valence-electron chi connectivity index (χ4n) is 2.64. The molecule has 0 spiro atoms. The standard InChI is InChI=1S/C16H10N2O/c19-16-12-5-3-4-11-10(13-6-1-2-9-17-13)7-8-14(18-16)15(11)12/h1-9H,(H,18,19). The molecule has 0 unspecified atom stereocenters. The number of nitrogens with zero attached hydrogens (tertiary/aromatic N) is 1. The Morgan fingerprint density at radius 2 is 1.84 bits per heavy atom.